The van der Waals surface area contributed by atoms with E-state index in [0.717, 1.165) is 6.54 Å². The van der Waals surface area contributed by atoms with E-state index in [1.165, 1.54) is 90.1 Å². The first-order chi connectivity index (χ1) is 9.86. The lowest BCUT2D eigenvalue weighted by atomic mass is 9.98. The average Bonchev–Trinajstić information content (AvgIpc) is 2.49. The summed E-state index contributed by atoms with van der Waals surface area (Å²) in [6.07, 6.45) is 16.7. The van der Waals surface area contributed by atoms with Crippen molar-refractivity contribution in [2.45, 2.75) is 84.0 Å². The molecule has 1 rings (SSSR count). The van der Waals surface area contributed by atoms with Gasteiger partial charge in [-0.1, -0.05) is 64.7 Å². The van der Waals surface area contributed by atoms with Crippen LogP contribution in [-0.4, -0.2) is 36.2 Å². The standard InChI is InChI=1S/C18H37NO/c1-2-3-4-5-6-7-8-9-10-11-14-19-15-12-13-18(16-19)17-20/h18,20H,2-17H2,1H3. The number of hydrogen-bond donors (Lipinski definition) is 1. The van der Waals surface area contributed by atoms with Crippen LogP contribution in [-0.2, 0) is 0 Å². The number of unbranched alkanes of at least 4 members (excludes halogenated alkanes) is 9. The van der Waals surface area contributed by atoms with Crippen LogP contribution in [0.4, 0.5) is 0 Å². The van der Waals surface area contributed by atoms with Gasteiger partial charge in [-0.3, -0.25) is 0 Å². The molecule has 1 fully saturated rings. The number of hydrogen-bond acceptors (Lipinski definition) is 2. The SMILES string of the molecule is CCCCCCCCCCCCN1CCCC(CO)C1. The lowest BCUT2D eigenvalue weighted by molar-refractivity contribution is 0.119. The highest BCUT2D eigenvalue weighted by Crippen LogP contribution is 2.17. The number of piperidine rings is 1. The molecule has 2 nitrogen and oxygen atoms in total. The Kier molecular flexibility index (Phi) is 11.4. The monoisotopic (exact) mass is 283 g/mol. The van der Waals surface area contributed by atoms with Crippen molar-refractivity contribution in [3.8, 4) is 0 Å². The molecule has 1 heterocycles. The van der Waals surface area contributed by atoms with Crippen molar-refractivity contribution in [2.24, 2.45) is 5.92 Å². The largest absolute Gasteiger partial charge is 0.396 e. The topological polar surface area (TPSA) is 23.5 Å². The molecule has 0 bridgehead atoms. The molecule has 0 aliphatic carbocycles. The second kappa shape index (κ2) is 12.6. The van der Waals surface area contributed by atoms with E-state index in [4.69, 9.17) is 0 Å². The minimum Gasteiger partial charge on any atom is -0.396 e. The maximum atomic E-state index is 9.23. The van der Waals surface area contributed by atoms with Crippen LogP contribution in [0.3, 0.4) is 0 Å². The highest BCUT2D eigenvalue weighted by molar-refractivity contribution is 4.72. The van der Waals surface area contributed by atoms with Crippen molar-refractivity contribution in [3.05, 3.63) is 0 Å². The van der Waals surface area contributed by atoms with Crippen LogP contribution in [0, 0.1) is 5.92 Å². The summed E-state index contributed by atoms with van der Waals surface area (Å²) >= 11 is 0. The van der Waals surface area contributed by atoms with Crippen molar-refractivity contribution in [1.29, 1.82) is 0 Å². The third-order valence-corrected chi connectivity index (χ3v) is 4.69. The van der Waals surface area contributed by atoms with Gasteiger partial charge in [-0.2, -0.15) is 0 Å². The van der Waals surface area contributed by atoms with Gasteiger partial charge < -0.3 is 10.0 Å². The van der Waals surface area contributed by atoms with Crippen molar-refractivity contribution in [3.63, 3.8) is 0 Å². The fourth-order valence-corrected chi connectivity index (χ4v) is 3.33. The van der Waals surface area contributed by atoms with E-state index >= 15 is 0 Å². The lowest BCUT2D eigenvalue weighted by Gasteiger charge is -2.31. The first kappa shape index (κ1) is 18.0. The maximum Gasteiger partial charge on any atom is 0.0471 e. The minimum atomic E-state index is 0.383. The molecule has 120 valence electrons. The molecule has 0 aromatic heterocycles. The lowest BCUT2D eigenvalue weighted by Crippen LogP contribution is -2.37. The molecule has 20 heavy (non-hydrogen) atoms. The average molecular weight is 283 g/mol. The van der Waals surface area contributed by atoms with E-state index in [2.05, 4.69) is 11.8 Å². The zero-order chi connectivity index (χ0) is 14.5. The minimum absolute atomic E-state index is 0.383. The third kappa shape index (κ3) is 8.97. The third-order valence-electron chi connectivity index (χ3n) is 4.69. The fourth-order valence-electron chi connectivity index (χ4n) is 3.33. The van der Waals surface area contributed by atoms with E-state index in [-0.39, 0.29) is 0 Å². The van der Waals surface area contributed by atoms with E-state index < -0.39 is 0 Å². The molecule has 2 heteroatoms. The van der Waals surface area contributed by atoms with Crippen LogP contribution in [0.25, 0.3) is 0 Å². The Morgan fingerprint density at radius 2 is 1.50 bits per heavy atom. The molecular weight excluding hydrogens is 246 g/mol. The number of rotatable bonds is 12. The molecule has 1 aliphatic heterocycles. The zero-order valence-electron chi connectivity index (χ0n) is 13.8. The van der Waals surface area contributed by atoms with Crippen molar-refractivity contribution >= 4 is 0 Å². The summed E-state index contributed by atoms with van der Waals surface area (Å²) in [6, 6.07) is 0. The predicted molar refractivity (Wildman–Crippen MR) is 88.1 cm³/mol. The van der Waals surface area contributed by atoms with Gasteiger partial charge in [0.05, 0.1) is 0 Å². The first-order valence-corrected chi connectivity index (χ1v) is 9.20. The number of likely N-dealkylation sites (tertiary alicyclic amines) is 1. The molecule has 1 atom stereocenters. The Balaban J connectivity index is 1.82. The van der Waals surface area contributed by atoms with Gasteiger partial charge in [-0.05, 0) is 38.3 Å². The number of aliphatic hydroxyl groups excluding tert-OH is 1. The number of nitrogens with zero attached hydrogens (tertiary/aromatic N) is 1. The second-order valence-electron chi connectivity index (χ2n) is 6.67. The summed E-state index contributed by atoms with van der Waals surface area (Å²) in [5.41, 5.74) is 0. The molecule has 1 aliphatic rings. The Morgan fingerprint density at radius 3 is 2.10 bits per heavy atom. The Bertz CT molecular complexity index is 208. The zero-order valence-corrected chi connectivity index (χ0v) is 13.8. The summed E-state index contributed by atoms with van der Waals surface area (Å²) in [7, 11) is 0. The highest BCUT2D eigenvalue weighted by Gasteiger charge is 2.18. The first-order valence-electron chi connectivity index (χ1n) is 9.20. The molecule has 1 saturated heterocycles. The molecule has 1 N–H and O–H groups in total. The number of aliphatic hydroxyl groups is 1. The summed E-state index contributed by atoms with van der Waals surface area (Å²) in [4.78, 5) is 2.56. The Morgan fingerprint density at radius 1 is 0.900 bits per heavy atom. The summed E-state index contributed by atoms with van der Waals surface area (Å²) in [5.74, 6) is 0.548. The molecular formula is C18H37NO. The van der Waals surface area contributed by atoms with E-state index in [1.54, 1.807) is 0 Å². The molecule has 1 unspecified atom stereocenters. The molecule has 0 saturated carbocycles. The molecule has 0 aromatic carbocycles. The van der Waals surface area contributed by atoms with Crippen LogP contribution in [0.2, 0.25) is 0 Å². The van der Waals surface area contributed by atoms with Gasteiger partial charge in [0.25, 0.3) is 0 Å². The van der Waals surface area contributed by atoms with Crippen LogP contribution >= 0.6 is 0 Å². The predicted octanol–water partition coefficient (Wildman–Crippen LogP) is 4.61. The quantitative estimate of drug-likeness (QED) is 0.529. The van der Waals surface area contributed by atoms with E-state index in [0.29, 0.717) is 12.5 Å². The van der Waals surface area contributed by atoms with Gasteiger partial charge in [0.1, 0.15) is 0 Å². The maximum absolute atomic E-state index is 9.23. The highest BCUT2D eigenvalue weighted by atomic mass is 16.3. The summed E-state index contributed by atoms with van der Waals surface area (Å²) in [5, 5.41) is 9.23. The van der Waals surface area contributed by atoms with Gasteiger partial charge >= 0.3 is 0 Å². The molecule has 0 aromatic rings. The summed E-state index contributed by atoms with van der Waals surface area (Å²) < 4.78 is 0. The Labute approximate surface area is 126 Å². The van der Waals surface area contributed by atoms with Crippen LogP contribution < -0.4 is 0 Å². The fraction of sp³-hybridized carbons (Fsp3) is 1.00. The van der Waals surface area contributed by atoms with Crippen molar-refractivity contribution < 1.29 is 5.11 Å². The van der Waals surface area contributed by atoms with Crippen LogP contribution in [0.1, 0.15) is 84.0 Å². The van der Waals surface area contributed by atoms with Crippen LogP contribution in [0.15, 0.2) is 0 Å². The van der Waals surface area contributed by atoms with E-state index in [9.17, 15) is 5.11 Å². The van der Waals surface area contributed by atoms with Crippen molar-refractivity contribution in [1.82, 2.24) is 4.90 Å². The van der Waals surface area contributed by atoms with Gasteiger partial charge in [-0.15, -0.1) is 0 Å². The Hall–Kier alpha value is -0.0800. The van der Waals surface area contributed by atoms with Gasteiger partial charge in [0, 0.05) is 13.2 Å². The molecule has 0 radical (unpaired) electrons. The second-order valence-corrected chi connectivity index (χ2v) is 6.67. The van der Waals surface area contributed by atoms with Gasteiger partial charge in [-0.25, -0.2) is 0 Å². The molecule has 0 spiro atoms. The van der Waals surface area contributed by atoms with E-state index in [1.807, 2.05) is 0 Å². The summed E-state index contributed by atoms with van der Waals surface area (Å²) in [6.45, 7) is 6.31. The smallest absolute Gasteiger partial charge is 0.0471 e. The normalized spacial score (nSPS) is 20.4. The van der Waals surface area contributed by atoms with Gasteiger partial charge in [0.2, 0.25) is 0 Å². The van der Waals surface area contributed by atoms with Crippen LogP contribution in [0.5, 0.6) is 0 Å². The van der Waals surface area contributed by atoms with Gasteiger partial charge in [0.15, 0.2) is 0 Å². The van der Waals surface area contributed by atoms with Crippen molar-refractivity contribution in [2.75, 3.05) is 26.2 Å². The molecule has 0 amide bonds.